The Morgan fingerprint density at radius 1 is 1.50 bits per heavy atom. The van der Waals surface area contributed by atoms with Crippen molar-refractivity contribution in [1.82, 2.24) is 10.2 Å². The van der Waals surface area contributed by atoms with Crippen LogP contribution in [0.25, 0.3) is 0 Å². The summed E-state index contributed by atoms with van der Waals surface area (Å²) in [6.07, 6.45) is 3.83. The van der Waals surface area contributed by atoms with Crippen molar-refractivity contribution in [2.24, 2.45) is 5.92 Å². The molecule has 0 atom stereocenters. The van der Waals surface area contributed by atoms with Gasteiger partial charge in [-0.25, -0.2) is 0 Å². The molecule has 1 aromatic rings. The number of rotatable bonds is 1. The minimum absolute atomic E-state index is 0.668. The predicted octanol–water partition coefficient (Wildman–Crippen LogP) is 1.31. The van der Waals surface area contributed by atoms with Gasteiger partial charge in [0.05, 0.1) is 0 Å². The molecule has 2 heterocycles. The van der Waals surface area contributed by atoms with Gasteiger partial charge in [-0.2, -0.15) is 0 Å². The second-order valence-corrected chi connectivity index (χ2v) is 3.39. The van der Waals surface area contributed by atoms with Crippen LogP contribution in [0.2, 0.25) is 0 Å². The molecule has 0 spiro atoms. The predicted molar refractivity (Wildman–Crippen MR) is 44.9 cm³/mol. The second kappa shape index (κ2) is 3.13. The highest BCUT2D eigenvalue weighted by Gasteiger charge is 2.18. The molecule has 0 saturated carbocycles. The van der Waals surface area contributed by atoms with Crippen LogP contribution in [0.15, 0.2) is 10.8 Å². The molecule has 4 heteroatoms. The Balaban J connectivity index is 1.99. The molecule has 0 aliphatic carbocycles. The van der Waals surface area contributed by atoms with E-state index in [4.69, 9.17) is 4.42 Å². The van der Waals surface area contributed by atoms with Crippen molar-refractivity contribution >= 4 is 6.01 Å². The quantitative estimate of drug-likeness (QED) is 0.632. The largest absolute Gasteiger partial charge is 0.411 e. The highest BCUT2D eigenvalue weighted by atomic mass is 16.4. The summed E-state index contributed by atoms with van der Waals surface area (Å²) < 4.78 is 5.11. The summed E-state index contributed by atoms with van der Waals surface area (Å²) in [5.41, 5.74) is 0. The third-order valence-electron chi connectivity index (χ3n) is 2.40. The van der Waals surface area contributed by atoms with E-state index >= 15 is 0 Å². The molecule has 66 valence electrons. The molecule has 0 aromatic carbocycles. The van der Waals surface area contributed by atoms with Crippen molar-refractivity contribution in [2.45, 2.75) is 19.8 Å². The molecular formula is C8H13N3O. The van der Waals surface area contributed by atoms with Crippen LogP contribution in [0.1, 0.15) is 19.8 Å². The van der Waals surface area contributed by atoms with Crippen molar-refractivity contribution in [2.75, 3.05) is 18.0 Å². The number of hydrogen-bond acceptors (Lipinski definition) is 4. The highest BCUT2D eigenvalue weighted by Crippen LogP contribution is 2.20. The van der Waals surface area contributed by atoms with Gasteiger partial charge >= 0.3 is 6.01 Å². The van der Waals surface area contributed by atoms with Gasteiger partial charge in [0, 0.05) is 13.1 Å². The summed E-state index contributed by atoms with van der Waals surface area (Å²) in [7, 11) is 0. The van der Waals surface area contributed by atoms with Gasteiger partial charge in [-0.15, -0.1) is 5.10 Å². The first-order chi connectivity index (χ1) is 5.86. The fourth-order valence-electron chi connectivity index (χ4n) is 1.50. The molecule has 0 N–H and O–H groups in total. The summed E-state index contributed by atoms with van der Waals surface area (Å²) in [4.78, 5) is 2.15. The third-order valence-corrected chi connectivity index (χ3v) is 2.40. The van der Waals surface area contributed by atoms with E-state index in [1.165, 1.54) is 19.2 Å². The third kappa shape index (κ3) is 1.42. The summed E-state index contributed by atoms with van der Waals surface area (Å²) in [5, 5.41) is 7.53. The zero-order valence-electron chi connectivity index (χ0n) is 7.23. The van der Waals surface area contributed by atoms with Gasteiger partial charge in [-0.1, -0.05) is 12.0 Å². The Kier molecular flexibility index (Phi) is 1.98. The molecular weight excluding hydrogens is 154 g/mol. The monoisotopic (exact) mass is 167 g/mol. The van der Waals surface area contributed by atoms with Gasteiger partial charge in [0.1, 0.15) is 0 Å². The zero-order valence-corrected chi connectivity index (χ0v) is 7.23. The highest BCUT2D eigenvalue weighted by molar-refractivity contribution is 5.23. The molecule has 0 amide bonds. The summed E-state index contributed by atoms with van der Waals surface area (Å²) in [6, 6.07) is 0.668. The fourth-order valence-corrected chi connectivity index (χ4v) is 1.50. The average molecular weight is 167 g/mol. The van der Waals surface area contributed by atoms with E-state index in [1.54, 1.807) is 0 Å². The molecule has 4 nitrogen and oxygen atoms in total. The number of piperidine rings is 1. The topological polar surface area (TPSA) is 42.2 Å². The van der Waals surface area contributed by atoms with Gasteiger partial charge in [-0.05, 0) is 18.8 Å². The van der Waals surface area contributed by atoms with Crippen molar-refractivity contribution in [3.8, 4) is 0 Å². The van der Waals surface area contributed by atoms with Crippen LogP contribution in [0.3, 0.4) is 0 Å². The fraction of sp³-hybridized carbons (Fsp3) is 0.750. The lowest BCUT2D eigenvalue weighted by Gasteiger charge is -2.28. The van der Waals surface area contributed by atoms with Crippen LogP contribution >= 0.6 is 0 Å². The van der Waals surface area contributed by atoms with Crippen molar-refractivity contribution < 1.29 is 4.42 Å². The number of anilines is 1. The Morgan fingerprint density at radius 2 is 2.25 bits per heavy atom. The molecule has 1 fully saturated rings. The SMILES string of the molecule is CC1CCN(c2nnco2)CC1. The Hall–Kier alpha value is -1.06. The van der Waals surface area contributed by atoms with Crippen LogP contribution in [0.5, 0.6) is 0 Å². The first-order valence-electron chi connectivity index (χ1n) is 4.37. The van der Waals surface area contributed by atoms with Crippen LogP contribution in [0.4, 0.5) is 6.01 Å². The lowest BCUT2D eigenvalue weighted by Crippen LogP contribution is -2.32. The molecule has 0 unspecified atom stereocenters. The second-order valence-electron chi connectivity index (χ2n) is 3.39. The molecule has 0 radical (unpaired) electrons. The maximum absolute atomic E-state index is 5.11. The lowest BCUT2D eigenvalue weighted by molar-refractivity contribution is 0.413. The minimum atomic E-state index is 0.668. The molecule has 12 heavy (non-hydrogen) atoms. The van der Waals surface area contributed by atoms with E-state index in [0.717, 1.165) is 19.0 Å². The normalized spacial score (nSPS) is 19.9. The summed E-state index contributed by atoms with van der Waals surface area (Å²) >= 11 is 0. The Bertz CT molecular complexity index is 226. The van der Waals surface area contributed by atoms with Crippen molar-refractivity contribution in [1.29, 1.82) is 0 Å². The van der Waals surface area contributed by atoms with E-state index in [9.17, 15) is 0 Å². The standard InChI is InChI=1S/C8H13N3O/c1-7-2-4-11(5-3-7)8-10-9-6-12-8/h6-7H,2-5H2,1H3. The number of nitrogens with zero attached hydrogens (tertiary/aromatic N) is 3. The number of aromatic nitrogens is 2. The molecule has 1 saturated heterocycles. The number of hydrogen-bond donors (Lipinski definition) is 0. The van der Waals surface area contributed by atoms with Crippen LogP contribution in [-0.2, 0) is 0 Å². The van der Waals surface area contributed by atoms with E-state index in [0.29, 0.717) is 6.01 Å². The van der Waals surface area contributed by atoms with Gasteiger partial charge in [0.2, 0.25) is 6.39 Å². The minimum Gasteiger partial charge on any atom is -0.411 e. The Labute approximate surface area is 71.6 Å². The van der Waals surface area contributed by atoms with E-state index < -0.39 is 0 Å². The first-order valence-corrected chi connectivity index (χ1v) is 4.37. The summed E-state index contributed by atoms with van der Waals surface area (Å²) in [5.74, 6) is 0.837. The average Bonchev–Trinajstić information content (AvgIpc) is 2.58. The van der Waals surface area contributed by atoms with Crippen LogP contribution in [-0.4, -0.2) is 23.3 Å². The summed E-state index contributed by atoms with van der Waals surface area (Å²) in [6.45, 7) is 4.37. The van der Waals surface area contributed by atoms with Gasteiger partial charge < -0.3 is 9.32 Å². The zero-order chi connectivity index (χ0) is 8.39. The van der Waals surface area contributed by atoms with Gasteiger partial charge in [-0.3, -0.25) is 0 Å². The van der Waals surface area contributed by atoms with Crippen molar-refractivity contribution in [3.05, 3.63) is 6.39 Å². The maximum Gasteiger partial charge on any atom is 0.317 e. The molecule has 1 aliphatic heterocycles. The molecule has 1 aromatic heterocycles. The smallest absolute Gasteiger partial charge is 0.317 e. The van der Waals surface area contributed by atoms with Gasteiger partial charge in [0.25, 0.3) is 0 Å². The van der Waals surface area contributed by atoms with Crippen LogP contribution < -0.4 is 4.90 Å². The molecule has 1 aliphatic rings. The maximum atomic E-state index is 5.11. The van der Waals surface area contributed by atoms with Gasteiger partial charge in [0.15, 0.2) is 0 Å². The van der Waals surface area contributed by atoms with Crippen molar-refractivity contribution in [3.63, 3.8) is 0 Å². The lowest BCUT2D eigenvalue weighted by atomic mass is 10.00. The Morgan fingerprint density at radius 3 is 2.83 bits per heavy atom. The van der Waals surface area contributed by atoms with E-state index in [-0.39, 0.29) is 0 Å². The first kappa shape index (κ1) is 7.58. The van der Waals surface area contributed by atoms with E-state index in [2.05, 4.69) is 22.0 Å². The molecule has 2 rings (SSSR count). The molecule has 0 bridgehead atoms. The van der Waals surface area contributed by atoms with E-state index in [1.807, 2.05) is 0 Å². The van der Waals surface area contributed by atoms with Crippen LogP contribution in [0, 0.1) is 5.92 Å².